The van der Waals surface area contributed by atoms with Gasteiger partial charge in [0.15, 0.2) is 0 Å². The second-order valence-corrected chi connectivity index (χ2v) is 3.24. The second-order valence-electron chi connectivity index (χ2n) is 2.76. The van der Waals surface area contributed by atoms with Crippen LogP contribution in [0.3, 0.4) is 0 Å². The van der Waals surface area contributed by atoms with E-state index >= 15 is 0 Å². The smallest absolute Gasteiger partial charge is 0.123 e. The van der Waals surface area contributed by atoms with Crippen molar-refractivity contribution < 1.29 is 4.39 Å². The van der Waals surface area contributed by atoms with Gasteiger partial charge in [-0.25, -0.2) is 4.39 Å². The molecule has 0 bridgehead atoms. The van der Waals surface area contributed by atoms with Crippen molar-refractivity contribution in [1.82, 2.24) is 4.98 Å². The zero-order valence-corrected chi connectivity index (χ0v) is 7.68. The van der Waals surface area contributed by atoms with Crippen LogP contribution < -0.4 is 0 Å². The Morgan fingerprint density at radius 1 is 1.08 bits per heavy atom. The normalized spacial score (nSPS) is 10.3. The van der Waals surface area contributed by atoms with Crippen LogP contribution in [0.15, 0.2) is 41.6 Å². The van der Waals surface area contributed by atoms with Gasteiger partial charge < -0.3 is 4.98 Å². The molecule has 0 spiro atoms. The molecule has 2 rings (SSSR count). The van der Waals surface area contributed by atoms with Crippen molar-refractivity contribution in [2.45, 2.75) is 4.90 Å². The zero-order valence-electron chi connectivity index (χ0n) is 6.79. The number of aromatic nitrogens is 1. The Hall–Kier alpha value is -1.22. The molecular weight excluding hydrogens is 185 g/mol. The first kappa shape index (κ1) is 8.38. The van der Waals surface area contributed by atoms with Crippen LogP contribution in [0.5, 0.6) is 0 Å². The minimum absolute atomic E-state index is 0.222. The van der Waals surface area contributed by atoms with E-state index in [1.807, 2.05) is 6.20 Å². The second kappa shape index (κ2) is 3.26. The summed E-state index contributed by atoms with van der Waals surface area (Å²) in [6.45, 7) is 0. The number of thiol groups is 1. The molecule has 0 aliphatic carbocycles. The van der Waals surface area contributed by atoms with Crippen molar-refractivity contribution in [3.05, 3.63) is 42.5 Å². The average Bonchev–Trinajstić information content (AvgIpc) is 2.53. The maximum atomic E-state index is 12.6. The Bertz CT molecular complexity index is 405. The van der Waals surface area contributed by atoms with Crippen LogP contribution in [0.1, 0.15) is 0 Å². The zero-order chi connectivity index (χ0) is 9.26. The molecule has 0 radical (unpaired) electrons. The standard InChI is InChI=1S/C10H8FNS/c11-8-3-1-7(2-4-8)9-5-12-6-10(9)13/h1-6,12-13H. The van der Waals surface area contributed by atoms with Crippen molar-refractivity contribution in [3.8, 4) is 11.1 Å². The van der Waals surface area contributed by atoms with Gasteiger partial charge in [-0.05, 0) is 17.7 Å². The molecule has 0 aliphatic heterocycles. The van der Waals surface area contributed by atoms with E-state index in [0.717, 1.165) is 16.0 Å². The van der Waals surface area contributed by atoms with Crippen LogP contribution in [0.2, 0.25) is 0 Å². The summed E-state index contributed by atoms with van der Waals surface area (Å²) in [7, 11) is 0. The lowest BCUT2D eigenvalue weighted by molar-refractivity contribution is 0.628. The highest BCUT2D eigenvalue weighted by Crippen LogP contribution is 2.25. The van der Waals surface area contributed by atoms with E-state index in [-0.39, 0.29) is 5.82 Å². The van der Waals surface area contributed by atoms with Gasteiger partial charge in [0.1, 0.15) is 5.82 Å². The lowest BCUT2D eigenvalue weighted by atomic mass is 10.1. The number of halogens is 1. The van der Waals surface area contributed by atoms with Crippen molar-refractivity contribution in [1.29, 1.82) is 0 Å². The molecule has 1 aromatic carbocycles. The number of rotatable bonds is 1. The highest BCUT2D eigenvalue weighted by Gasteiger charge is 2.02. The summed E-state index contributed by atoms with van der Waals surface area (Å²) in [5.41, 5.74) is 1.95. The Morgan fingerprint density at radius 2 is 1.77 bits per heavy atom. The van der Waals surface area contributed by atoms with Gasteiger partial charge in [-0.3, -0.25) is 0 Å². The number of nitrogens with one attached hydrogen (secondary N) is 1. The van der Waals surface area contributed by atoms with Gasteiger partial charge >= 0.3 is 0 Å². The summed E-state index contributed by atoms with van der Waals surface area (Å²) in [6.07, 6.45) is 3.64. The molecule has 13 heavy (non-hydrogen) atoms. The lowest BCUT2D eigenvalue weighted by Gasteiger charge is -1.98. The van der Waals surface area contributed by atoms with E-state index in [1.165, 1.54) is 12.1 Å². The van der Waals surface area contributed by atoms with Crippen molar-refractivity contribution in [3.63, 3.8) is 0 Å². The molecule has 2 aromatic rings. The summed E-state index contributed by atoms with van der Waals surface area (Å²) < 4.78 is 12.6. The third-order valence-electron chi connectivity index (χ3n) is 1.88. The van der Waals surface area contributed by atoms with Crippen LogP contribution >= 0.6 is 12.6 Å². The van der Waals surface area contributed by atoms with Crippen molar-refractivity contribution >= 4 is 12.6 Å². The monoisotopic (exact) mass is 193 g/mol. The quantitative estimate of drug-likeness (QED) is 0.647. The van der Waals surface area contributed by atoms with Gasteiger partial charge in [-0.1, -0.05) is 12.1 Å². The fourth-order valence-corrected chi connectivity index (χ4v) is 1.48. The minimum Gasteiger partial charge on any atom is -0.366 e. The van der Waals surface area contributed by atoms with Crippen LogP contribution in [-0.2, 0) is 0 Å². The Morgan fingerprint density at radius 3 is 2.31 bits per heavy atom. The predicted octanol–water partition coefficient (Wildman–Crippen LogP) is 3.11. The van der Waals surface area contributed by atoms with E-state index in [0.29, 0.717) is 0 Å². The molecule has 66 valence electrons. The Balaban J connectivity index is 2.47. The fourth-order valence-electron chi connectivity index (χ4n) is 1.22. The largest absolute Gasteiger partial charge is 0.366 e. The molecule has 1 heterocycles. The summed E-state index contributed by atoms with van der Waals surface area (Å²) in [6, 6.07) is 6.35. The molecule has 0 aliphatic rings. The van der Waals surface area contributed by atoms with Crippen LogP contribution in [0.4, 0.5) is 4.39 Å². The van der Waals surface area contributed by atoms with Gasteiger partial charge in [0.25, 0.3) is 0 Å². The van der Waals surface area contributed by atoms with Gasteiger partial charge in [0, 0.05) is 22.9 Å². The van der Waals surface area contributed by atoms with Gasteiger partial charge in [0.2, 0.25) is 0 Å². The molecule has 1 aromatic heterocycles. The van der Waals surface area contributed by atoms with Crippen LogP contribution in [0.25, 0.3) is 11.1 Å². The number of aromatic amines is 1. The molecule has 0 saturated heterocycles. The number of benzene rings is 1. The highest BCUT2D eigenvalue weighted by molar-refractivity contribution is 7.80. The molecule has 0 unspecified atom stereocenters. The molecule has 0 atom stereocenters. The molecular formula is C10H8FNS. The first-order valence-electron chi connectivity index (χ1n) is 3.89. The third kappa shape index (κ3) is 1.60. The highest BCUT2D eigenvalue weighted by atomic mass is 32.1. The van der Waals surface area contributed by atoms with E-state index in [9.17, 15) is 4.39 Å². The maximum Gasteiger partial charge on any atom is 0.123 e. The van der Waals surface area contributed by atoms with E-state index < -0.39 is 0 Å². The average molecular weight is 193 g/mol. The number of H-pyrrole nitrogens is 1. The Labute approximate surface area is 81.0 Å². The van der Waals surface area contributed by atoms with Gasteiger partial charge in [-0.2, -0.15) is 0 Å². The van der Waals surface area contributed by atoms with Crippen molar-refractivity contribution in [2.24, 2.45) is 0 Å². The lowest BCUT2D eigenvalue weighted by Crippen LogP contribution is -1.76. The van der Waals surface area contributed by atoms with Gasteiger partial charge in [-0.15, -0.1) is 12.6 Å². The summed E-state index contributed by atoms with van der Waals surface area (Å²) >= 11 is 4.26. The maximum absolute atomic E-state index is 12.6. The molecule has 0 amide bonds. The minimum atomic E-state index is -0.222. The number of hydrogen-bond acceptors (Lipinski definition) is 1. The van der Waals surface area contributed by atoms with Gasteiger partial charge in [0.05, 0.1) is 0 Å². The summed E-state index contributed by atoms with van der Waals surface area (Å²) in [5, 5.41) is 0. The molecule has 3 heteroatoms. The van der Waals surface area contributed by atoms with E-state index in [1.54, 1.807) is 18.3 Å². The first-order chi connectivity index (χ1) is 6.27. The fraction of sp³-hybridized carbons (Fsp3) is 0. The van der Waals surface area contributed by atoms with Crippen LogP contribution in [0, 0.1) is 5.82 Å². The van der Waals surface area contributed by atoms with Crippen molar-refractivity contribution in [2.75, 3.05) is 0 Å². The SMILES string of the molecule is Fc1ccc(-c2c[nH]cc2S)cc1. The topological polar surface area (TPSA) is 15.8 Å². The first-order valence-corrected chi connectivity index (χ1v) is 4.34. The number of hydrogen-bond donors (Lipinski definition) is 2. The summed E-state index contributed by atoms with van der Waals surface area (Å²) in [4.78, 5) is 3.81. The molecule has 1 N–H and O–H groups in total. The predicted molar refractivity (Wildman–Crippen MR) is 53.4 cm³/mol. The molecule has 1 nitrogen and oxygen atoms in total. The van der Waals surface area contributed by atoms with Crippen LogP contribution in [-0.4, -0.2) is 4.98 Å². The molecule has 0 saturated carbocycles. The third-order valence-corrected chi connectivity index (χ3v) is 2.25. The molecule has 0 fully saturated rings. The Kier molecular flexibility index (Phi) is 2.10. The summed E-state index contributed by atoms with van der Waals surface area (Å²) in [5.74, 6) is -0.222. The van der Waals surface area contributed by atoms with E-state index in [4.69, 9.17) is 0 Å². The van der Waals surface area contributed by atoms with E-state index in [2.05, 4.69) is 17.6 Å².